The summed E-state index contributed by atoms with van der Waals surface area (Å²) in [7, 11) is 2.91. The average Bonchev–Trinajstić information content (AvgIpc) is 3.44. The van der Waals surface area contributed by atoms with Crippen molar-refractivity contribution in [2.75, 3.05) is 26.7 Å². The molecule has 1 aliphatic carbocycles. The van der Waals surface area contributed by atoms with Crippen LogP contribution < -0.4 is 10.6 Å². The molecule has 12 heteroatoms. The molecule has 1 saturated heterocycles. The van der Waals surface area contributed by atoms with Crippen LogP contribution in [0.3, 0.4) is 0 Å². The van der Waals surface area contributed by atoms with Crippen LogP contribution in [0.5, 0.6) is 0 Å². The fraction of sp³-hybridized carbons (Fsp3) is 0.667. The zero-order valence-corrected chi connectivity index (χ0v) is 17.0. The van der Waals surface area contributed by atoms with Gasteiger partial charge in [-0.05, 0) is 37.0 Å². The number of carbonyl (C=O) groups is 3. The van der Waals surface area contributed by atoms with Crippen LogP contribution in [0, 0.1) is 15.5 Å². The van der Waals surface area contributed by atoms with E-state index in [2.05, 4.69) is 15.6 Å². The minimum absolute atomic E-state index is 0.0247. The Balaban J connectivity index is 1.50. The summed E-state index contributed by atoms with van der Waals surface area (Å²) in [4.78, 5) is 52.4. The van der Waals surface area contributed by atoms with Crippen molar-refractivity contribution in [3.8, 4) is 0 Å². The molecule has 1 aromatic rings. The van der Waals surface area contributed by atoms with Gasteiger partial charge in [0.05, 0.1) is 12.6 Å². The van der Waals surface area contributed by atoms with Crippen molar-refractivity contribution < 1.29 is 24.4 Å². The first-order valence-electron chi connectivity index (χ1n) is 9.82. The zero-order chi connectivity index (χ0) is 22.1. The van der Waals surface area contributed by atoms with E-state index in [4.69, 9.17) is 0 Å². The monoisotopic (exact) mass is 422 g/mol. The van der Waals surface area contributed by atoms with Crippen molar-refractivity contribution in [2.45, 2.75) is 37.7 Å². The summed E-state index contributed by atoms with van der Waals surface area (Å²) in [5.74, 6) is -1.34. The third kappa shape index (κ3) is 3.99. The first-order valence-corrected chi connectivity index (χ1v) is 9.82. The van der Waals surface area contributed by atoms with Crippen molar-refractivity contribution >= 4 is 23.5 Å². The molecule has 2 heterocycles. The number of nitrogens with one attached hydrogen (secondary N) is 2. The average molecular weight is 422 g/mol. The second-order valence-corrected chi connectivity index (χ2v) is 7.94. The van der Waals surface area contributed by atoms with E-state index in [0.717, 1.165) is 10.8 Å². The molecular formula is C18H26N6O6. The van der Waals surface area contributed by atoms with Crippen LogP contribution in [-0.4, -0.2) is 74.5 Å². The molecule has 0 unspecified atom stereocenters. The lowest BCUT2D eigenvalue weighted by atomic mass is 9.88. The Morgan fingerprint density at radius 1 is 1.23 bits per heavy atom. The lowest BCUT2D eigenvalue weighted by Gasteiger charge is -2.37. The molecule has 3 N–H and O–H groups in total. The minimum Gasteiger partial charge on any atom is -0.390 e. The van der Waals surface area contributed by atoms with Gasteiger partial charge in [-0.2, -0.15) is 0 Å². The first kappa shape index (κ1) is 21.7. The predicted octanol–water partition coefficient (Wildman–Crippen LogP) is -0.672. The number of hydrogen-bond acceptors (Lipinski definition) is 7. The number of aliphatic hydroxyl groups is 1. The number of nitrogens with zero attached hydrogens (tertiary/aromatic N) is 4. The van der Waals surface area contributed by atoms with Gasteiger partial charge in [-0.3, -0.25) is 14.4 Å². The molecule has 1 saturated carbocycles. The smallest absolute Gasteiger partial charge is 0.343 e. The Morgan fingerprint density at radius 2 is 1.87 bits per heavy atom. The Bertz CT molecular complexity index is 869. The molecule has 2 aliphatic rings. The molecule has 0 bridgehead atoms. The number of imidazole rings is 1. The van der Waals surface area contributed by atoms with Gasteiger partial charge in [-0.1, -0.05) is 0 Å². The fourth-order valence-electron chi connectivity index (χ4n) is 3.79. The molecule has 3 amide bonds. The largest absolute Gasteiger partial charge is 0.390 e. The zero-order valence-electron chi connectivity index (χ0n) is 17.0. The summed E-state index contributed by atoms with van der Waals surface area (Å²) < 4.78 is 1.14. The molecule has 2 fully saturated rings. The fourth-order valence-corrected chi connectivity index (χ4v) is 3.79. The predicted molar refractivity (Wildman–Crippen MR) is 103 cm³/mol. The van der Waals surface area contributed by atoms with Gasteiger partial charge in [0.2, 0.25) is 11.8 Å². The lowest BCUT2D eigenvalue weighted by Crippen LogP contribution is -2.49. The van der Waals surface area contributed by atoms with Crippen LogP contribution in [0.1, 0.15) is 42.7 Å². The normalized spacial score (nSPS) is 19.1. The van der Waals surface area contributed by atoms with E-state index in [1.165, 1.54) is 19.0 Å². The van der Waals surface area contributed by atoms with E-state index in [9.17, 15) is 29.6 Å². The van der Waals surface area contributed by atoms with E-state index >= 15 is 0 Å². The standard InChI is InChI=1S/C18H26N6O6/c1-19-15(26)18(3-4-18)16(27)20-8-5-17(28)6-9-23(10-7-17)14(25)13-21-11-12(22(13)2)24(29)30/h11,28H,3-10H2,1-2H3,(H,19,26)(H,20,27). The molecule has 1 aliphatic heterocycles. The Morgan fingerprint density at radius 3 is 2.37 bits per heavy atom. The van der Waals surface area contributed by atoms with Crippen LogP contribution in [0.2, 0.25) is 0 Å². The van der Waals surface area contributed by atoms with Gasteiger partial charge in [0.25, 0.3) is 5.82 Å². The van der Waals surface area contributed by atoms with Crippen molar-refractivity contribution in [2.24, 2.45) is 12.5 Å². The Hall–Kier alpha value is -3.02. The van der Waals surface area contributed by atoms with Gasteiger partial charge in [0.1, 0.15) is 11.6 Å². The maximum absolute atomic E-state index is 12.6. The maximum Gasteiger partial charge on any atom is 0.343 e. The van der Waals surface area contributed by atoms with Gasteiger partial charge in [0.15, 0.2) is 0 Å². The van der Waals surface area contributed by atoms with Crippen LogP contribution in [0.25, 0.3) is 0 Å². The number of amides is 3. The number of carbonyl (C=O) groups excluding carboxylic acids is 3. The second-order valence-electron chi connectivity index (χ2n) is 7.94. The summed E-state index contributed by atoms with van der Waals surface area (Å²) in [5, 5.41) is 26.9. The molecule has 12 nitrogen and oxygen atoms in total. The van der Waals surface area contributed by atoms with E-state index in [1.54, 1.807) is 0 Å². The number of hydrogen-bond donors (Lipinski definition) is 3. The number of piperidine rings is 1. The SMILES string of the molecule is CNC(=O)C1(C(=O)NCCC2(O)CCN(C(=O)c3ncc([N+](=O)[O-])n3C)CC2)CC1. The van der Waals surface area contributed by atoms with Crippen molar-refractivity contribution in [3.05, 3.63) is 22.1 Å². The minimum atomic E-state index is -1.04. The van der Waals surface area contributed by atoms with Crippen LogP contribution >= 0.6 is 0 Å². The highest BCUT2D eigenvalue weighted by Crippen LogP contribution is 2.46. The van der Waals surface area contributed by atoms with Gasteiger partial charge in [0, 0.05) is 26.7 Å². The van der Waals surface area contributed by atoms with Crippen LogP contribution in [0.4, 0.5) is 5.82 Å². The maximum atomic E-state index is 12.6. The molecule has 0 spiro atoms. The molecule has 0 radical (unpaired) electrons. The Kier molecular flexibility index (Phi) is 5.79. The highest BCUT2D eigenvalue weighted by atomic mass is 16.6. The van der Waals surface area contributed by atoms with Gasteiger partial charge in [-0.15, -0.1) is 0 Å². The van der Waals surface area contributed by atoms with Crippen LogP contribution in [0.15, 0.2) is 6.20 Å². The highest BCUT2D eigenvalue weighted by Gasteiger charge is 2.56. The molecule has 3 rings (SSSR count). The molecule has 0 aromatic carbocycles. The van der Waals surface area contributed by atoms with E-state index < -0.39 is 21.8 Å². The van der Waals surface area contributed by atoms with Gasteiger partial charge >= 0.3 is 11.7 Å². The quantitative estimate of drug-likeness (QED) is 0.298. The molecular weight excluding hydrogens is 396 g/mol. The molecule has 1 aromatic heterocycles. The number of likely N-dealkylation sites (tertiary alicyclic amines) is 1. The number of nitro groups is 1. The molecule has 30 heavy (non-hydrogen) atoms. The van der Waals surface area contributed by atoms with Gasteiger partial charge in [-0.25, -0.2) is 9.55 Å². The topological polar surface area (TPSA) is 160 Å². The van der Waals surface area contributed by atoms with E-state index in [0.29, 0.717) is 32.1 Å². The first-order chi connectivity index (χ1) is 14.1. The molecule has 164 valence electrons. The summed E-state index contributed by atoms with van der Waals surface area (Å²) in [6.07, 6.45) is 3.00. The van der Waals surface area contributed by atoms with Crippen LogP contribution in [-0.2, 0) is 16.6 Å². The lowest BCUT2D eigenvalue weighted by molar-refractivity contribution is -0.391. The number of aromatic nitrogens is 2. The Labute approximate surface area is 172 Å². The van der Waals surface area contributed by atoms with Gasteiger partial charge < -0.3 is 30.8 Å². The summed E-state index contributed by atoms with van der Waals surface area (Å²) in [6, 6.07) is 0. The van der Waals surface area contributed by atoms with E-state index in [-0.39, 0.29) is 43.1 Å². The van der Waals surface area contributed by atoms with Crippen molar-refractivity contribution in [3.63, 3.8) is 0 Å². The summed E-state index contributed by atoms with van der Waals surface area (Å²) in [5.41, 5.74) is -2.01. The molecule has 0 atom stereocenters. The summed E-state index contributed by atoms with van der Waals surface area (Å²) >= 11 is 0. The second kappa shape index (κ2) is 8.01. The van der Waals surface area contributed by atoms with E-state index in [1.807, 2.05) is 0 Å². The highest BCUT2D eigenvalue weighted by molar-refractivity contribution is 6.07. The third-order valence-corrected chi connectivity index (χ3v) is 6.05. The third-order valence-electron chi connectivity index (χ3n) is 6.05. The number of rotatable bonds is 7. The summed E-state index contributed by atoms with van der Waals surface area (Å²) in [6.45, 7) is 0.770. The van der Waals surface area contributed by atoms with Crippen molar-refractivity contribution in [1.29, 1.82) is 0 Å². The van der Waals surface area contributed by atoms with Crippen molar-refractivity contribution in [1.82, 2.24) is 25.1 Å².